The van der Waals surface area contributed by atoms with Crippen molar-refractivity contribution in [3.63, 3.8) is 0 Å². The average molecular weight is 210 g/mol. The van der Waals surface area contributed by atoms with E-state index in [1.54, 1.807) is 6.07 Å². The van der Waals surface area contributed by atoms with E-state index in [0.29, 0.717) is 5.75 Å². The van der Waals surface area contributed by atoms with Gasteiger partial charge in [0.2, 0.25) is 0 Å². The summed E-state index contributed by atoms with van der Waals surface area (Å²) in [5, 5.41) is 9.57. The molecule has 0 spiro atoms. The molecule has 1 fully saturated rings. The van der Waals surface area contributed by atoms with Crippen LogP contribution in [0, 0.1) is 5.92 Å². The zero-order chi connectivity index (χ0) is 9.97. The third-order valence-corrected chi connectivity index (χ3v) is 3.15. The summed E-state index contributed by atoms with van der Waals surface area (Å²) in [6, 6.07) is 5.42. The topological polar surface area (TPSA) is 29.5 Å². The lowest BCUT2D eigenvalue weighted by atomic mass is 10.3. The van der Waals surface area contributed by atoms with Crippen LogP contribution in [0.15, 0.2) is 23.1 Å². The molecule has 1 aromatic carbocycles. The van der Waals surface area contributed by atoms with Crippen molar-refractivity contribution in [2.45, 2.75) is 17.7 Å². The fourth-order valence-corrected chi connectivity index (χ4v) is 1.92. The van der Waals surface area contributed by atoms with Crippen molar-refractivity contribution >= 4 is 11.8 Å². The molecular weight excluding hydrogens is 196 g/mol. The Morgan fingerprint density at radius 1 is 1.50 bits per heavy atom. The first-order valence-electron chi connectivity index (χ1n) is 4.80. The van der Waals surface area contributed by atoms with E-state index >= 15 is 0 Å². The van der Waals surface area contributed by atoms with Gasteiger partial charge in [-0.05, 0) is 37.1 Å². The minimum Gasteiger partial charge on any atom is -0.507 e. The zero-order valence-corrected chi connectivity index (χ0v) is 9.01. The molecule has 2 nitrogen and oxygen atoms in total. The maximum Gasteiger partial charge on any atom is 0.136 e. The molecule has 0 bridgehead atoms. The summed E-state index contributed by atoms with van der Waals surface area (Å²) in [4.78, 5) is 0.841. The quantitative estimate of drug-likeness (QED) is 0.775. The van der Waals surface area contributed by atoms with E-state index in [-0.39, 0.29) is 0 Å². The summed E-state index contributed by atoms with van der Waals surface area (Å²) >= 11 is 1.52. The van der Waals surface area contributed by atoms with Crippen LogP contribution in [-0.4, -0.2) is 18.0 Å². The first-order valence-corrected chi connectivity index (χ1v) is 6.02. The minimum absolute atomic E-state index is 0.311. The van der Waals surface area contributed by atoms with Crippen LogP contribution in [0.4, 0.5) is 0 Å². The van der Waals surface area contributed by atoms with Crippen molar-refractivity contribution in [1.29, 1.82) is 0 Å². The Hall–Kier alpha value is -0.830. The van der Waals surface area contributed by atoms with Crippen LogP contribution in [0.1, 0.15) is 12.8 Å². The van der Waals surface area contributed by atoms with Crippen LogP contribution in [0.25, 0.3) is 0 Å². The summed E-state index contributed by atoms with van der Waals surface area (Å²) < 4.78 is 5.65. The van der Waals surface area contributed by atoms with E-state index < -0.39 is 0 Å². The second-order valence-corrected chi connectivity index (χ2v) is 4.38. The second-order valence-electron chi connectivity index (χ2n) is 3.56. The van der Waals surface area contributed by atoms with E-state index in [1.807, 2.05) is 18.4 Å². The maximum absolute atomic E-state index is 9.57. The average Bonchev–Trinajstić information content (AvgIpc) is 2.98. The van der Waals surface area contributed by atoms with Crippen LogP contribution < -0.4 is 4.74 Å². The third-order valence-electron chi connectivity index (χ3n) is 2.33. The van der Waals surface area contributed by atoms with Gasteiger partial charge in [-0.3, -0.25) is 0 Å². The number of ether oxygens (including phenoxy) is 1. The molecule has 3 heteroatoms. The molecule has 1 aliphatic rings. The molecule has 0 unspecified atom stereocenters. The largest absolute Gasteiger partial charge is 0.507 e. The molecule has 0 amide bonds. The summed E-state index contributed by atoms with van der Waals surface area (Å²) in [5.41, 5.74) is 0. The van der Waals surface area contributed by atoms with Crippen LogP contribution >= 0.6 is 11.8 Å². The molecule has 1 aromatic rings. The van der Waals surface area contributed by atoms with E-state index in [2.05, 4.69) is 0 Å². The number of aromatic hydroxyl groups is 1. The molecule has 2 rings (SSSR count). The molecule has 0 aromatic heterocycles. The number of hydrogen-bond donors (Lipinski definition) is 1. The lowest BCUT2D eigenvalue weighted by Gasteiger charge is -2.10. The molecule has 0 atom stereocenters. The Morgan fingerprint density at radius 3 is 2.93 bits per heavy atom. The highest BCUT2D eigenvalue weighted by atomic mass is 32.2. The summed E-state index contributed by atoms with van der Waals surface area (Å²) in [5.74, 6) is 1.86. The summed E-state index contributed by atoms with van der Waals surface area (Å²) in [6.45, 7) is 0.789. The highest BCUT2D eigenvalue weighted by molar-refractivity contribution is 7.98. The fourth-order valence-electron chi connectivity index (χ4n) is 1.32. The van der Waals surface area contributed by atoms with Crippen LogP contribution in [-0.2, 0) is 0 Å². The van der Waals surface area contributed by atoms with Gasteiger partial charge in [0.15, 0.2) is 0 Å². The Bertz CT molecular complexity index is 321. The van der Waals surface area contributed by atoms with Crippen LogP contribution in [0.3, 0.4) is 0 Å². The van der Waals surface area contributed by atoms with Crippen LogP contribution in [0.5, 0.6) is 11.5 Å². The van der Waals surface area contributed by atoms with Crippen molar-refractivity contribution in [3.8, 4) is 11.5 Å². The van der Waals surface area contributed by atoms with Crippen molar-refractivity contribution < 1.29 is 9.84 Å². The molecule has 0 aliphatic heterocycles. The van der Waals surface area contributed by atoms with Gasteiger partial charge >= 0.3 is 0 Å². The van der Waals surface area contributed by atoms with Crippen LogP contribution in [0.2, 0.25) is 0 Å². The van der Waals surface area contributed by atoms with Gasteiger partial charge < -0.3 is 9.84 Å². The fraction of sp³-hybridized carbons (Fsp3) is 0.455. The molecule has 1 saturated carbocycles. The smallest absolute Gasteiger partial charge is 0.136 e. The van der Waals surface area contributed by atoms with Crippen molar-refractivity contribution in [2.24, 2.45) is 5.92 Å². The van der Waals surface area contributed by atoms with E-state index in [0.717, 1.165) is 23.2 Å². The number of phenols is 1. The van der Waals surface area contributed by atoms with Gasteiger partial charge in [-0.2, -0.15) is 0 Å². The molecule has 0 saturated heterocycles. The van der Waals surface area contributed by atoms with Gasteiger partial charge in [0.1, 0.15) is 11.5 Å². The lowest BCUT2D eigenvalue weighted by Crippen LogP contribution is -1.99. The van der Waals surface area contributed by atoms with E-state index in [1.165, 1.54) is 24.6 Å². The normalized spacial score (nSPS) is 15.5. The standard InChI is InChI=1S/C11H14O2S/c1-14-11-9(12)3-2-4-10(11)13-7-8-5-6-8/h2-4,8,12H,5-7H2,1H3. The number of thioether (sulfide) groups is 1. The van der Waals surface area contributed by atoms with Crippen molar-refractivity contribution in [2.75, 3.05) is 12.9 Å². The summed E-state index contributed by atoms with van der Waals surface area (Å²) in [6.07, 6.45) is 4.51. The molecule has 1 N–H and O–H groups in total. The SMILES string of the molecule is CSc1c(O)cccc1OCC1CC1. The van der Waals surface area contributed by atoms with E-state index in [4.69, 9.17) is 4.74 Å². The molecule has 0 radical (unpaired) electrons. The highest BCUT2D eigenvalue weighted by Crippen LogP contribution is 2.37. The van der Waals surface area contributed by atoms with Gasteiger partial charge in [0.05, 0.1) is 11.5 Å². The molecule has 14 heavy (non-hydrogen) atoms. The van der Waals surface area contributed by atoms with E-state index in [9.17, 15) is 5.11 Å². The predicted molar refractivity (Wildman–Crippen MR) is 58.1 cm³/mol. The predicted octanol–water partition coefficient (Wildman–Crippen LogP) is 2.90. The Balaban J connectivity index is 2.09. The third kappa shape index (κ3) is 2.15. The Labute approximate surface area is 88.3 Å². The van der Waals surface area contributed by atoms with Gasteiger partial charge in [-0.15, -0.1) is 11.8 Å². The minimum atomic E-state index is 0.311. The monoisotopic (exact) mass is 210 g/mol. The number of phenolic OH excluding ortho intramolecular Hbond substituents is 1. The number of rotatable bonds is 4. The van der Waals surface area contributed by atoms with Gasteiger partial charge in [0, 0.05) is 0 Å². The summed E-state index contributed by atoms with van der Waals surface area (Å²) in [7, 11) is 0. The number of hydrogen-bond acceptors (Lipinski definition) is 3. The maximum atomic E-state index is 9.57. The van der Waals surface area contributed by atoms with Crippen molar-refractivity contribution in [3.05, 3.63) is 18.2 Å². The highest BCUT2D eigenvalue weighted by Gasteiger charge is 2.22. The zero-order valence-electron chi connectivity index (χ0n) is 8.19. The molecule has 1 aliphatic carbocycles. The van der Waals surface area contributed by atoms with Crippen molar-refractivity contribution in [1.82, 2.24) is 0 Å². The molecule has 0 heterocycles. The molecular formula is C11H14O2S. The lowest BCUT2D eigenvalue weighted by molar-refractivity contribution is 0.290. The first kappa shape index (κ1) is 9.71. The number of benzene rings is 1. The first-order chi connectivity index (χ1) is 6.81. The Kier molecular flexibility index (Phi) is 2.87. The van der Waals surface area contributed by atoms with Gasteiger partial charge in [-0.25, -0.2) is 0 Å². The van der Waals surface area contributed by atoms with Gasteiger partial charge in [-0.1, -0.05) is 6.07 Å². The Morgan fingerprint density at radius 2 is 2.29 bits per heavy atom. The van der Waals surface area contributed by atoms with Gasteiger partial charge in [0.25, 0.3) is 0 Å². The molecule has 76 valence electrons. The second kappa shape index (κ2) is 4.13.